The van der Waals surface area contributed by atoms with Crippen LogP contribution in [-0.4, -0.2) is 15.0 Å². The normalized spacial score (nSPS) is 11.3. The molecule has 0 aromatic heterocycles. The summed E-state index contributed by atoms with van der Waals surface area (Å²) in [6.07, 6.45) is 3.57. The van der Waals surface area contributed by atoms with Crippen LogP contribution >= 0.6 is 12.4 Å². The smallest absolute Gasteiger partial charge is 0.238 e. The van der Waals surface area contributed by atoms with Gasteiger partial charge in [-0.05, 0) is 36.8 Å². The third kappa shape index (κ3) is 4.41. The Morgan fingerprint density at radius 3 is 2.33 bits per heavy atom. The molecule has 2 aromatic carbocycles. The van der Waals surface area contributed by atoms with Crippen LogP contribution in [0.5, 0.6) is 0 Å². The molecule has 0 unspecified atom stereocenters. The van der Waals surface area contributed by atoms with Crippen molar-refractivity contribution in [2.75, 3.05) is 6.54 Å². The highest BCUT2D eigenvalue weighted by molar-refractivity contribution is 7.89. The molecule has 0 bridgehead atoms. The Morgan fingerprint density at radius 1 is 0.952 bits per heavy atom. The lowest BCUT2D eigenvalue weighted by Crippen LogP contribution is -2.15. The van der Waals surface area contributed by atoms with E-state index < -0.39 is 10.0 Å². The number of rotatable bonds is 6. The average Bonchev–Trinajstić information content (AvgIpc) is 2.41. The maximum Gasteiger partial charge on any atom is 0.238 e. The van der Waals surface area contributed by atoms with Crippen molar-refractivity contribution in [1.29, 1.82) is 0 Å². The van der Waals surface area contributed by atoms with Crippen LogP contribution in [0, 0.1) is 0 Å². The summed E-state index contributed by atoms with van der Waals surface area (Å²) in [5.41, 5.74) is 6.26. The first-order chi connectivity index (χ1) is 9.54. The van der Waals surface area contributed by atoms with Crippen molar-refractivity contribution < 1.29 is 8.42 Å². The van der Waals surface area contributed by atoms with Gasteiger partial charge in [0.25, 0.3) is 0 Å². The van der Waals surface area contributed by atoms with Crippen LogP contribution in [0.15, 0.2) is 41.3 Å². The molecule has 0 amide bonds. The Kier molecular flexibility index (Phi) is 6.61. The van der Waals surface area contributed by atoms with Gasteiger partial charge in [0.2, 0.25) is 10.0 Å². The van der Waals surface area contributed by atoms with Gasteiger partial charge in [-0.3, -0.25) is 0 Å². The number of sulfonamides is 1. The molecule has 0 atom stereocenters. The molecule has 4 N–H and O–H groups in total. The highest BCUT2D eigenvalue weighted by atomic mass is 35.5. The van der Waals surface area contributed by atoms with E-state index in [0.29, 0.717) is 18.4 Å². The van der Waals surface area contributed by atoms with Gasteiger partial charge >= 0.3 is 0 Å². The summed E-state index contributed by atoms with van der Waals surface area (Å²) in [7, 11) is -3.73. The summed E-state index contributed by atoms with van der Waals surface area (Å²) >= 11 is 0. The van der Waals surface area contributed by atoms with Crippen LogP contribution in [0.25, 0.3) is 10.8 Å². The van der Waals surface area contributed by atoms with Gasteiger partial charge in [-0.1, -0.05) is 42.8 Å². The lowest BCUT2D eigenvalue weighted by atomic mass is 10.0. The molecule has 0 saturated heterocycles. The van der Waals surface area contributed by atoms with Gasteiger partial charge in [0.15, 0.2) is 0 Å². The van der Waals surface area contributed by atoms with Crippen molar-refractivity contribution in [3.63, 3.8) is 0 Å². The number of hydrogen-bond acceptors (Lipinski definition) is 3. The van der Waals surface area contributed by atoms with Crippen molar-refractivity contribution >= 4 is 33.2 Å². The minimum Gasteiger partial charge on any atom is -0.330 e. The molecule has 2 rings (SSSR count). The van der Waals surface area contributed by atoms with E-state index in [0.717, 1.165) is 30.2 Å². The molecule has 0 saturated carbocycles. The molecule has 6 heteroatoms. The zero-order chi connectivity index (χ0) is 14.6. The van der Waals surface area contributed by atoms with Crippen LogP contribution < -0.4 is 10.9 Å². The largest absolute Gasteiger partial charge is 0.330 e. The molecule has 21 heavy (non-hydrogen) atoms. The molecule has 0 fully saturated rings. The predicted molar refractivity (Wildman–Crippen MR) is 89.2 cm³/mol. The van der Waals surface area contributed by atoms with Gasteiger partial charge < -0.3 is 5.73 Å². The molecule has 116 valence electrons. The fourth-order valence-corrected chi connectivity index (χ4v) is 3.49. The van der Waals surface area contributed by atoms with Crippen molar-refractivity contribution in [1.82, 2.24) is 0 Å². The number of unbranched alkanes of at least 4 members (excludes halogenated alkanes) is 2. The van der Waals surface area contributed by atoms with Crippen LogP contribution in [0.1, 0.15) is 24.8 Å². The van der Waals surface area contributed by atoms with E-state index >= 15 is 0 Å². The number of aryl methyl sites for hydroxylation is 1. The second kappa shape index (κ2) is 7.75. The first-order valence-electron chi connectivity index (χ1n) is 6.77. The van der Waals surface area contributed by atoms with Crippen LogP contribution in [0.2, 0.25) is 0 Å². The third-order valence-corrected chi connectivity index (χ3v) is 4.45. The SMILES string of the molecule is Cl.NCCCCCc1ccc2ccccc2c1S(N)(=O)=O. The Labute approximate surface area is 132 Å². The molecular weight excluding hydrogens is 308 g/mol. The number of halogens is 1. The molecular formula is C15H21ClN2O2S. The Hall–Kier alpha value is -1.14. The molecule has 0 aliphatic rings. The fourth-order valence-electron chi connectivity index (χ4n) is 2.46. The summed E-state index contributed by atoms with van der Waals surface area (Å²) in [6, 6.07) is 11.2. The van der Waals surface area contributed by atoms with Crippen molar-refractivity contribution in [2.24, 2.45) is 10.9 Å². The number of primary sulfonamides is 1. The minimum atomic E-state index is -3.73. The lowest BCUT2D eigenvalue weighted by molar-refractivity contribution is 0.596. The van der Waals surface area contributed by atoms with Gasteiger partial charge in [-0.2, -0.15) is 0 Å². The maximum absolute atomic E-state index is 11.9. The quantitative estimate of drug-likeness (QED) is 0.799. The summed E-state index contributed by atoms with van der Waals surface area (Å²) in [5, 5.41) is 7.00. The zero-order valence-electron chi connectivity index (χ0n) is 11.8. The summed E-state index contributed by atoms with van der Waals surface area (Å²) in [4.78, 5) is 0.267. The van der Waals surface area contributed by atoms with E-state index in [1.807, 2.05) is 30.3 Å². The zero-order valence-corrected chi connectivity index (χ0v) is 13.4. The van der Waals surface area contributed by atoms with E-state index in [1.165, 1.54) is 0 Å². The van der Waals surface area contributed by atoms with E-state index in [-0.39, 0.29) is 17.3 Å². The maximum atomic E-state index is 11.9. The van der Waals surface area contributed by atoms with Crippen LogP contribution in [0.4, 0.5) is 0 Å². The van der Waals surface area contributed by atoms with Crippen LogP contribution in [-0.2, 0) is 16.4 Å². The van der Waals surface area contributed by atoms with Gasteiger partial charge in [-0.15, -0.1) is 12.4 Å². The summed E-state index contributed by atoms with van der Waals surface area (Å²) in [6.45, 7) is 0.666. The van der Waals surface area contributed by atoms with Gasteiger partial charge in [0.1, 0.15) is 0 Å². The number of fused-ring (bicyclic) bond motifs is 1. The molecule has 0 spiro atoms. The van der Waals surface area contributed by atoms with Gasteiger partial charge in [-0.25, -0.2) is 13.6 Å². The molecule has 4 nitrogen and oxygen atoms in total. The molecule has 2 aromatic rings. The Morgan fingerprint density at radius 2 is 1.67 bits per heavy atom. The van der Waals surface area contributed by atoms with Crippen molar-refractivity contribution in [3.8, 4) is 0 Å². The van der Waals surface area contributed by atoms with E-state index in [9.17, 15) is 8.42 Å². The molecule has 0 aliphatic carbocycles. The first kappa shape index (κ1) is 17.9. The predicted octanol–water partition coefficient (Wildman–Crippen LogP) is 2.58. The number of benzene rings is 2. The average molecular weight is 329 g/mol. The summed E-state index contributed by atoms with van der Waals surface area (Å²) in [5.74, 6) is 0. The lowest BCUT2D eigenvalue weighted by Gasteiger charge is -2.11. The second-order valence-corrected chi connectivity index (χ2v) is 6.42. The topological polar surface area (TPSA) is 86.2 Å². The highest BCUT2D eigenvalue weighted by Gasteiger charge is 2.17. The van der Waals surface area contributed by atoms with E-state index in [4.69, 9.17) is 10.9 Å². The fraction of sp³-hybridized carbons (Fsp3) is 0.333. The standard InChI is InChI=1S/C15H20N2O2S.ClH/c16-11-5-1-2-7-13-10-9-12-6-3-4-8-14(12)15(13)20(17,18)19;/h3-4,6,8-10H,1-2,5,7,11,16H2,(H2,17,18,19);1H. The molecule has 0 radical (unpaired) electrons. The van der Waals surface area contributed by atoms with Gasteiger partial charge in [0, 0.05) is 5.39 Å². The van der Waals surface area contributed by atoms with Crippen molar-refractivity contribution in [3.05, 3.63) is 42.0 Å². The Bertz CT molecular complexity index is 702. The van der Waals surface area contributed by atoms with Crippen molar-refractivity contribution in [2.45, 2.75) is 30.6 Å². The minimum absolute atomic E-state index is 0. The number of nitrogens with two attached hydrogens (primary N) is 2. The van der Waals surface area contributed by atoms with Crippen LogP contribution in [0.3, 0.4) is 0 Å². The second-order valence-electron chi connectivity index (χ2n) is 4.92. The highest BCUT2D eigenvalue weighted by Crippen LogP contribution is 2.27. The monoisotopic (exact) mass is 328 g/mol. The first-order valence-corrected chi connectivity index (χ1v) is 8.32. The number of hydrogen-bond donors (Lipinski definition) is 2. The molecule has 0 aliphatic heterocycles. The molecule has 0 heterocycles. The van der Waals surface area contributed by atoms with E-state index in [1.54, 1.807) is 6.07 Å². The summed E-state index contributed by atoms with van der Waals surface area (Å²) < 4.78 is 23.8. The van der Waals surface area contributed by atoms with Gasteiger partial charge in [0.05, 0.1) is 4.90 Å². The third-order valence-electron chi connectivity index (χ3n) is 3.40. The van der Waals surface area contributed by atoms with E-state index in [2.05, 4.69) is 0 Å². The Balaban J connectivity index is 0.00000220.